The Balaban J connectivity index is 1.99. The highest BCUT2D eigenvalue weighted by molar-refractivity contribution is 9.10. The SMILES string of the molecule is Cc1ccc(Br)c(NCC(=O)Nc2cc(Cl)ccc2C)c1. The van der Waals surface area contributed by atoms with Gasteiger partial charge in [0, 0.05) is 20.9 Å². The molecular weight excluding hydrogens is 352 g/mol. The molecule has 2 aromatic carbocycles. The van der Waals surface area contributed by atoms with E-state index in [0.717, 1.165) is 27.0 Å². The van der Waals surface area contributed by atoms with Crippen molar-refractivity contribution in [2.45, 2.75) is 13.8 Å². The van der Waals surface area contributed by atoms with Gasteiger partial charge in [0.2, 0.25) is 5.91 Å². The van der Waals surface area contributed by atoms with Crippen molar-refractivity contribution in [3.05, 3.63) is 57.0 Å². The summed E-state index contributed by atoms with van der Waals surface area (Å²) in [6.07, 6.45) is 0. The summed E-state index contributed by atoms with van der Waals surface area (Å²) in [5.74, 6) is -0.117. The molecule has 0 saturated carbocycles. The van der Waals surface area contributed by atoms with E-state index in [0.29, 0.717) is 5.02 Å². The molecule has 0 heterocycles. The predicted molar refractivity (Wildman–Crippen MR) is 92.2 cm³/mol. The number of amides is 1. The average Bonchev–Trinajstić information content (AvgIpc) is 2.44. The Bertz CT molecular complexity index is 673. The van der Waals surface area contributed by atoms with E-state index in [4.69, 9.17) is 11.6 Å². The van der Waals surface area contributed by atoms with Gasteiger partial charge in [-0.1, -0.05) is 23.7 Å². The summed E-state index contributed by atoms with van der Waals surface area (Å²) in [6.45, 7) is 4.12. The van der Waals surface area contributed by atoms with E-state index >= 15 is 0 Å². The number of rotatable bonds is 4. The number of carbonyl (C=O) groups excluding carboxylic acids is 1. The third-order valence-electron chi connectivity index (χ3n) is 3.03. The lowest BCUT2D eigenvalue weighted by Crippen LogP contribution is -2.22. The smallest absolute Gasteiger partial charge is 0.243 e. The molecule has 0 atom stereocenters. The van der Waals surface area contributed by atoms with E-state index in [9.17, 15) is 4.79 Å². The average molecular weight is 368 g/mol. The minimum atomic E-state index is -0.117. The van der Waals surface area contributed by atoms with Gasteiger partial charge >= 0.3 is 0 Å². The Morgan fingerprint density at radius 2 is 1.90 bits per heavy atom. The molecule has 21 heavy (non-hydrogen) atoms. The van der Waals surface area contributed by atoms with E-state index in [1.807, 2.05) is 38.1 Å². The Morgan fingerprint density at radius 3 is 2.67 bits per heavy atom. The summed E-state index contributed by atoms with van der Waals surface area (Å²) in [5, 5.41) is 6.57. The summed E-state index contributed by atoms with van der Waals surface area (Å²) in [4.78, 5) is 12.0. The molecule has 0 aliphatic carbocycles. The molecule has 0 aliphatic heterocycles. The summed E-state index contributed by atoms with van der Waals surface area (Å²) < 4.78 is 0.930. The number of aryl methyl sites for hydroxylation is 2. The summed E-state index contributed by atoms with van der Waals surface area (Å²) in [7, 11) is 0. The normalized spacial score (nSPS) is 10.3. The molecule has 0 unspecified atom stereocenters. The maximum absolute atomic E-state index is 12.0. The molecule has 0 aromatic heterocycles. The third kappa shape index (κ3) is 4.48. The van der Waals surface area contributed by atoms with Crippen LogP contribution < -0.4 is 10.6 Å². The number of anilines is 2. The van der Waals surface area contributed by atoms with E-state index in [-0.39, 0.29) is 12.5 Å². The van der Waals surface area contributed by atoms with Crippen LogP contribution in [0.1, 0.15) is 11.1 Å². The second-order valence-electron chi connectivity index (χ2n) is 4.84. The van der Waals surface area contributed by atoms with Crippen LogP contribution in [0.4, 0.5) is 11.4 Å². The van der Waals surface area contributed by atoms with Gasteiger partial charge in [0.15, 0.2) is 0 Å². The fourth-order valence-electron chi connectivity index (χ4n) is 1.87. The third-order valence-corrected chi connectivity index (χ3v) is 3.96. The standard InChI is InChI=1S/C16H16BrClN2O/c1-10-3-6-13(17)15(7-10)19-9-16(21)20-14-8-12(18)5-4-11(14)2/h3-8,19H,9H2,1-2H3,(H,20,21). The maximum atomic E-state index is 12.0. The minimum absolute atomic E-state index is 0.117. The van der Waals surface area contributed by atoms with Crippen LogP contribution in [0.25, 0.3) is 0 Å². The fourth-order valence-corrected chi connectivity index (χ4v) is 2.43. The molecule has 5 heteroatoms. The van der Waals surface area contributed by atoms with Crippen molar-refractivity contribution < 1.29 is 4.79 Å². The number of hydrogen-bond donors (Lipinski definition) is 2. The molecule has 0 radical (unpaired) electrons. The highest BCUT2D eigenvalue weighted by Crippen LogP contribution is 2.23. The van der Waals surface area contributed by atoms with Gasteiger partial charge in [-0.25, -0.2) is 0 Å². The van der Waals surface area contributed by atoms with Crippen molar-refractivity contribution in [2.75, 3.05) is 17.2 Å². The summed E-state index contributed by atoms with van der Waals surface area (Å²) in [6, 6.07) is 11.4. The summed E-state index contributed by atoms with van der Waals surface area (Å²) in [5.41, 5.74) is 3.74. The molecule has 3 nitrogen and oxygen atoms in total. The molecular formula is C16H16BrClN2O. The zero-order chi connectivity index (χ0) is 15.4. The van der Waals surface area contributed by atoms with Crippen molar-refractivity contribution in [2.24, 2.45) is 0 Å². The zero-order valence-corrected chi connectivity index (χ0v) is 14.2. The number of halogens is 2. The lowest BCUT2D eigenvalue weighted by Gasteiger charge is -2.11. The van der Waals surface area contributed by atoms with Crippen molar-refractivity contribution in [3.63, 3.8) is 0 Å². The van der Waals surface area contributed by atoms with Gasteiger partial charge in [0.25, 0.3) is 0 Å². The fraction of sp³-hybridized carbons (Fsp3) is 0.188. The largest absolute Gasteiger partial charge is 0.375 e. The lowest BCUT2D eigenvalue weighted by molar-refractivity contribution is -0.114. The van der Waals surface area contributed by atoms with Crippen LogP contribution in [0.5, 0.6) is 0 Å². The number of benzene rings is 2. The first-order valence-corrected chi connectivity index (χ1v) is 7.69. The Hall–Kier alpha value is -1.52. The Kier molecular flexibility index (Phi) is 5.26. The van der Waals surface area contributed by atoms with Crippen molar-refractivity contribution in [3.8, 4) is 0 Å². The molecule has 0 aliphatic rings. The van der Waals surface area contributed by atoms with E-state index in [1.165, 1.54) is 0 Å². The van der Waals surface area contributed by atoms with Gasteiger partial charge in [0.1, 0.15) is 0 Å². The van der Waals surface area contributed by atoms with Gasteiger partial charge in [-0.05, 0) is 65.2 Å². The van der Waals surface area contributed by atoms with Crippen LogP contribution >= 0.6 is 27.5 Å². The predicted octanol–water partition coefficient (Wildman–Crippen LogP) is 4.77. The second kappa shape index (κ2) is 6.96. The zero-order valence-electron chi connectivity index (χ0n) is 11.8. The van der Waals surface area contributed by atoms with Crippen molar-refractivity contribution in [1.29, 1.82) is 0 Å². The van der Waals surface area contributed by atoms with Gasteiger partial charge in [-0.2, -0.15) is 0 Å². The first-order valence-electron chi connectivity index (χ1n) is 6.52. The van der Waals surface area contributed by atoms with Crippen LogP contribution in [-0.2, 0) is 4.79 Å². The van der Waals surface area contributed by atoms with E-state index < -0.39 is 0 Å². The molecule has 2 N–H and O–H groups in total. The molecule has 2 aromatic rings. The van der Waals surface area contributed by atoms with Crippen LogP contribution in [0.2, 0.25) is 5.02 Å². The number of hydrogen-bond acceptors (Lipinski definition) is 2. The Labute approximate surface area is 137 Å². The lowest BCUT2D eigenvalue weighted by atomic mass is 10.2. The molecule has 2 rings (SSSR count). The molecule has 0 bridgehead atoms. The molecule has 0 spiro atoms. The maximum Gasteiger partial charge on any atom is 0.243 e. The molecule has 0 saturated heterocycles. The first-order chi connectivity index (χ1) is 9.95. The topological polar surface area (TPSA) is 41.1 Å². The van der Waals surface area contributed by atoms with E-state index in [1.54, 1.807) is 12.1 Å². The van der Waals surface area contributed by atoms with Gasteiger partial charge in [0.05, 0.1) is 6.54 Å². The van der Waals surface area contributed by atoms with Crippen LogP contribution in [0, 0.1) is 13.8 Å². The second-order valence-corrected chi connectivity index (χ2v) is 6.14. The van der Waals surface area contributed by atoms with Crippen molar-refractivity contribution >= 4 is 44.8 Å². The van der Waals surface area contributed by atoms with Crippen molar-refractivity contribution in [1.82, 2.24) is 0 Å². The monoisotopic (exact) mass is 366 g/mol. The van der Waals surface area contributed by atoms with Crippen LogP contribution in [-0.4, -0.2) is 12.5 Å². The van der Waals surface area contributed by atoms with E-state index in [2.05, 4.69) is 26.6 Å². The quantitative estimate of drug-likeness (QED) is 0.817. The minimum Gasteiger partial charge on any atom is -0.375 e. The molecule has 110 valence electrons. The Morgan fingerprint density at radius 1 is 1.14 bits per heavy atom. The van der Waals surface area contributed by atoms with Crippen LogP contribution in [0.15, 0.2) is 40.9 Å². The summed E-state index contributed by atoms with van der Waals surface area (Å²) >= 11 is 9.40. The first kappa shape index (κ1) is 15.9. The van der Waals surface area contributed by atoms with Gasteiger partial charge in [-0.15, -0.1) is 0 Å². The molecule has 0 fully saturated rings. The van der Waals surface area contributed by atoms with Crippen LogP contribution in [0.3, 0.4) is 0 Å². The van der Waals surface area contributed by atoms with Gasteiger partial charge in [-0.3, -0.25) is 4.79 Å². The molecule has 1 amide bonds. The highest BCUT2D eigenvalue weighted by Gasteiger charge is 2.07. The number of nitrogens with one attached hydrogen (secondary N) is 2. The number of carbonyl (C=O) groups is 1. The van der Waals surface area contributed by atoms with Gasteiger partial charge < -0.3 is 10.6 Å². The highest BCUT2D eigenvalue weighted by atomic mass is 79.9.